The van der Waals surface area contributed by atoms with E-state index in [9.17, 15) is 4.79 Å². The largest absolute Gasteiger partial charge is 0.369 e. The molecular weight excluding hydrogens is 338 g/mol. The topological polar surface area (TPSA) is 51.7 Å². The van der Waals surface area contributed by atoms with Gasteiger partial charge in [-0.2, -0.15) is 0 Å². The van der Waals surface area contributed by atoms with Gasteiger partial charge in [-0.05, 0) is 31.8 Å². The molecule has 0 unspecified atom stereocenters. The number of carbonyl (C=O) groups is 1. The van der Waals surface area contributed by atoms with E-state index in [0.717, 1.165) is 51.6 Å². The van der Waals surface area contributed by atoms with E-state index in [-0.39, 0.29) is 5.91 Å². The van der Waals surface area contributed by atoms with Crippen LogP contribution in [0.4, 0.5) is 5.82 Å². The van der Waals surface area contributed by atoms with Gasteiger partial charge in [-0.15, -0.1) is 0 Å². The molecule has 3 rings (SSSR count). The minimum atomic E-state index is 0.0710. The molecule has 2 aromatic rings. The van der Waals surface area contributed by atoms with Crippen LogP contribution in [0.1, 0.15) is 15.9 Å². The smallest absolute Gasteiger partial charge is 0.255 e. The Labute approximate surface area is 161 Å². The summed E-state index contributed by atoms with van der Waals surface area (Å²) in [5, 5.41) is 3.27. The third-order valence-corrected chi connectivity index (χ3v) is 4.78. The summed E-state index contributed by atoms with van der Waals surface area (Å²) >= 11 is 0. The average molecular weight is 367 g/mol. The Kier molecular flexibility index (Phi) is 6.79. The van der Waals surface area contributed by atoms with E-state index in [0.29, 0.717) is 5.56 Å². The van der Waals surface area contributed by atoms with Gasteiger partial charge in [-0.1, -0.05) is 30.3 Å². The molecule has 27 heavy (non-hydrogen) atoms. The van der Waals surface area contributed by atoms with Gasteiger partial charge in [0, 0.05) is 52.0 Å². The fourth-order valence-electron chi connectivity index (χ4n) is 3.17. The second-order valence-corrected chi connectivity index (χ2v) is 7.22. The number of aromatic nitrogens is 1. The van der Waals surface area contributed by atoms with Crippen molar-refractivity contribution >= 4 is 11.7 Å². The predicted octanol–water partition coefficient (Wildman–Crippen LogP) is 2.01. The number of piperazine rings is 1. The van der Waals surface area contributed by atoms with E-state index in [1.807, 2.05) is 37.2 Å². The first-order chi connectivity index (χ1) is 13.1. The Morgan fingerprint density at radius 2 is 1.81 bits per heavy atom. The van der Waals surface area contributed by atoms with E-state index in [1.165, 1.54) is 5.56 Å². The molecule has 1 aliphatic heterocycles. The summed E-state index contributed by atoms with van der Waals surface area (Å²) in [5.41, 5.74) is 1.98. The summed E-state index contributed by atoms with van der Waals surface area (Å²) in [6, 6.07) is 14.2. The zero-order chi connectivity index (χ0) is 19.1. The third-order valence-electron chi connectivity index (χ3n) is 4.78. The Morgan fingerprint density at radius 3 is 2.44 bits per heavy atom. The normalized spacial score (nSPS) is 15.1. The molecular formula is C21H29N5O. The number of benzene rings is 1. The molecule has 0 bridgehead atoms. The highest BCUT2D eigenvalue weighted by Crippen LogP contribution is 2.12. The maximum atomic E-state index is 12.7. The second kappa shape index (κ2) is 9.48. The van der Waals surface area contributed by atoms with Crippen LogP contribution in [0.2, 0.25) is 0 Å². The van der Waals surface area contributed by atoms with Crippen LogP contribution in [0.15, 0.2) is 48.7 Å². The summed E-state index contributed by atoms with van der Waals surface area (Å²) < 4.78 is 0. The molecule has 1 aromatic carbocycles. The molecule has 0 radical (unpaired) electrons. The van der Waals surface area contributed by atoms with Crippen LogP contribution >= 0.6 is 0 Å². The Morgan fingerprint density at radius 1 is 1.07 bits per heavy atom. The van der Waals surface area contributed by atoms with Crippen molar-refractivity contribution in [2.24, 2.45) is 0 Å². The van der Waals surface area contributed by atoms with Crippen LogP contribution in [-0.2, 0) is 6.54 Å². The molecule has 1 aliphatic rings. The van der Waals surface area contributed by atoms with Crippen molar-refractivity contribution in [1.29, 1.82) is 0 Å². The van der Waals surface area contributed by atoms with Crippen molar-refractivity contribution in [3.05, 3.63) is 59.8 Å². The number of hydrogen-bond acceptors (Lipinski definition) is 5. The first kappa shape index (κ1) is 19.3. The fourth-order valence-corrected chi connectivity index (χ4v) is 3.17. The number of rotatable bonds is 7. The highest BCUT2D eigenvalue weighted by molar-refractivity contribution is 5.94. The summed E-state index contributed by atoms with van der Waals surface area (Å²) in [4.78, 5) is 23.5. The van der Waals surface area contributed by atoms with Gasteiger partial charge >= 0.3 is 0 Å². The molecule has 2 heterocycles. The highest BCUT2D eigenvalue weighted by Gasteiger charge is 2.22. The highest BCUT2D eigenvalue weighted by atomic mass is 16.2. The van der Waals surface area contributed by atoms with Crippen LogP contribution < -0.4 is 5.32 Å². The van der Waals surface area contributed by atoms with Crippen molar-refractivity contribution in [3.8, 4) is 0 Å². The number of pyridine rings is 1. The molecule has 6 heteroatoms. The number of hydrogen-bond donors (Lipinski definition) is 1. The van der Waals surface area contributed by atoms with Crippen molar-refractivity contribution in [2.45, 2.75) is 6.54 Å². The van der Waals surface area contributed by atoms with Gasteiger partial charge in [0.25, 0.3) is 5.91 Å². The minimum absolute atomic E-state index is 0.0710. The summed E-state index contributed by atoms with van der Waals surface area (Å²) in [7, 11) is 4.08. The quantitative estimate of drug-likeness (QED) is 0.811. The van der Waals surface area contributed by atoms with E-state index >= 15 is 0 Å². The number of anilines is 1. The lowest BCUT2D eigenvalue weighted by molar-refractivity contribution is 0.0628. The third kappa shape index (κ3) is 5.77. The predicted molar refractivity (Wildman–Crippen MR) is 109 cm³/mol. The molecule has 0 spiro atoms. The minimum Gasteiger partial charge on any atom is -0.369 e. The van der Waals surface area contributed by atoms with Gasteiger partial charge in [0.15, 0.2) is 0 Å². The number of amides is 1. The van der Waals surface area contributed by atoms with E-state index < -0.39 is 0 Å². The molecule has 0 aliphatic carbocycles. The van der Waals surface area contributed by atoms with Crippen LogP contribution in [-0.4, -0.2) is 79.0 Å². The first-order valence-corrected chi connectivity index (χ1v) is 9.52. The number of nitrogens with zero attached hydrogens (tertiary/aromatic N) is 4. The lowest BCUT2D eigenvalue weighted by Crippen LogP contribution is -2.48. The van der Waals surface area contributed by atoms with Crippen molar-refractivity contribution < 1.29 is 4.79 Å². The van der Waals surface area contributed by atoms with E-state index in [1.54, 1.807) is 6.20 Å². The van der Waals surface area contributed by atoms with Gasteiger partial charge < -0.3 is 15.1 Å². The average Bonchev–Trinajstić information content (AvgIpc) is 2.69. The van der Waals surface area contributed by atoms with Gasteiger partial charge in [-0.25, -0.2) is 4.98 Å². The SMILES string of the molecule is CN(C)CCNc1ccc(C(=O)N2CCN(Cc3ccccc3)CC2)cn1. The van der Waals surface area contributed by atoms with Crippen LogP contribution in [0.25, 0.3) is 0 Å². The van der Waals surface area contributed by atoms with E-state index in [4.69, 9.17) is 0 Å². The molecule has 1 N–H and O–H groups in total. The van der Waals surface area contributed by atoms with Gasteiger partial charge in [-0.3, -0.25) is 9.69 Å². The van der Waals surface area contributed by atoms with Crippen LogP contribution in [0, 0.1) is 0 Å². The molecule has 0 atom stereocenters. The summed E-state index contributed by atoms with van der Waals surface area (Å²) in [5.74, 6) is 0.878. The van der Waals surface area contributed by atoms with E-state index in [2.05, 4.69) is 44.4 Å². The first-order valence-electron chi connectivity index (χ1n) is 9.52. The molecule has 1 amide bonds. The maximum absolute atomic E-state index is 12.7. The second-order valence-electron chi connectivity index (χ2n) is 7.22. The lowest BCUT2D eigenvalue weighted by atomic mass is 10.2. The van der Waals surface area contributed by atoms with Crippen molar-refractivity contribution in [1.82, 2.24) is 19.7 Å². The number of likely N-dealkylation sites (N-methyl/N-ethyl adjacent to an activating group) is 1. The lowest BCUT2D eigenvalue weighted by Gasteiger charge is -2.34. The monoisotopic (exact) mass is 367 g/mol. The van der Waals surface area contributed by atoms with Crippen LogP contribution in [0.3, 0.4) is 0 Å². The molecule has 6 nitrogen and oxygen atoms in total. The zero-order valence-electron chi connectivity index (χ0n) is 16.3. The zero-order valence-corrected chi connectivity index (χ0v) is 16.3. The Bertz CT molecular complexity index is 709. The standard InChI is InChI=1S/C21H29N5O/c1-24(2)11-10-22-20-9-8-19(16-23-20)21(27)26-14-12-25(13-15-26)17-18-6-4-3-5-7-18/h3-9,16H,10-15,17H2,1-2H3,(H,22,23). The maximum Gasteiger partial charge on any atom is 0.255 e. The molecule has 1 aromatic heterocycles. The molecule has 144 valence electrons. The van der Waals surface area contributed by atoms with Crippen molar-refractivity contribution in [2.75, 3.05) is 58.7 Å². The van der Waals surface area contributed by atoms with Crippen LogP contribution in [0.5, 0.6) is 0 Å². The number of nitrogens with one attached hydrogen (secondary N) is 1. The molecule has 1 fully saturated rings. The summed E-state index contributed by atoms with van der Waals surface area (Å²) in [6.07, 6.45) is 1.68. The number of carbonyl (C=O) groups excluding carboxylic acids is 1. The molecule has 0 saturated carbocycles. The van der Waals surface area contributed by atoms with Gasteiger partial charge in [0.2, 0.25) is 0 Å². The van der Waals surface area contributed by atoms with Gasteiger partial charge in [0.1, 0.15) is 5.82 Å². The summed E-state index contributed by atoms with van der Waals surface area (Å²) in [6.45, 7) is 6.03. The van der Waals surface area contributed by atoms with Crippen molar-refractivity contribution in [3.63, 3.8) is 0 Å². The Balaban J connectivity index is 1.47. The van der Waals surface area contributed by atoms with Gasteiger partial charge in [0.05, 0.1) is 5.56 Å². The molecule has 1 saturated heterocycles. The Hall–Kier alpha value is -2.44. The fraction of sp³-hybridized carbons (Fsp3) is 0.429.